The van der Waals surface area contributed by atoms with Crippen LogP contribution in [-0.4, -0.2) is 24.2 Å². The van der Waals surface area contributed by atoms with E-state index in [-0.39, 0.29) is 17.9 Å². The van der Waals surface area contributed by atoms with E-state index in [1.807, 2.05) is 26.0 Å². The van der Waals surface area contributed by atoms with Crippen LogP contribution in [0.5, 0.6) is 0 Å². The second-order valence-corrected chi connectivity index (χ2v) is 7.70. The predicted octanol–water partition coefficient (Wildman–Crippen LogP) is 3.94. The Kier molecular flexibility index (Phi) is 5.41. The number of hydrogen-bond acceptors (Lipinski definition) is 2. The summed E-state index contributed by atoms with van der Waals surface area (Å²) in [6.45, 7) is 4.75. The van der Waals surface area contributed by atoms with Crippen molar-refractivity contribution in [1.29, 1.82) is 0 Å². The van der Waals surface area contributed by atoms with Gasteiger partial charge in [-0.1, -0.05) is 49.5 Å². The van der Waals surface area contributed by atoms with Crippen molar-refractivity contribution in [2.75, 3.05) is 13.2 Å². The summed E-state index contributed by atoms with van der Waals surface area (Å²) in [7, 11) is 0. The summed E-state index contributed by atoms with van der Waals surface area (Å²) < 4.78 is 0. The van der Waals surface area contributed by atoms with Crippen molar-refractivity contribution in [3.8, 4) is 0 Å². The number of benzene rings is 1. The maximum absolute atomic E-state index is 12.7. The lowest BCUT2D eigenvalue weighted by Crippen LogP contribution is -2.51. The number of hydrogen-bond donors (Lipinski definition) is 2. The minimum absolute atomic E-state index is 0.0446. The molecule has 3 nitrogen and oxygen atoms in total. The summed E-state index contributed by atoms with van der Waals surface area (Å²) in [6, 6.07) is 5.45. The molecule has 0 heterocycles. The Balaban J connectivity index is 2.13. The van der Waals surface area contributed by atoms with Crippen LogP contribution in [0.3, 0.4) is 0 Å². The first-order valence-corrected chi connectivity index (χ1v) is 8.41. The first-order valence-electron chi connectivity index (χ1n) is 7.65. The second-order valence-electron chi connectivity index (χ2n) is 6.89. The summed E-state index contributed by atoms with van der Waals surface area (Å²) in [4.78, 5) is 12.7. The summed E-state index contributed by atoms with van der Waals surface area (Å²) in [5, 5.41) is 13.1. The molecule has 0 radical (unpaired) electrons. The number of nitrogens with one attached hydrogen (secondary N) is 1. The van der Waals surface area contributed by atoms with Crippen LogP contribution in [0.1, 0.15) is 45.1 Å². The highest BCUT2D eigenvalue weighted by atomic mass is 35.5. The Morgan fingerprint density at radius 2 is 2.00 bits per heavy atom. The van der Waals surface area contributed by atoms with Crippen molar-refractivity contribution in [2.24, 2.45) is 5.41 Å². The van der Waals surface area contributed by atoms with Gasteiger partial charge < -0.3 is 10.4 Å². The molecule has 1 aromatic carbocycles. The molecule has 1 aliphatic carbocycles. The average Bonchev–Trinajstić information content (AvgIpc) is 2.39. The van der Waals surface area contributed by atoms with Crippen molar-refractivity contribution in [3.63, 3.8) is 0 Å². The van der Waals surface area contributed by atoms with Gasteiger partial charge in [-0.25, -0.2) is 0 Å². The Labute approximate surface area is 142 Å². The molecule has 0 unspecified atom stereocenters. The van der Waals surface area contributed by atoms with Gasteiger partial charge in [0.1, 0.15) is 0 Å². The number of halogens is 2. The molecule has 22 heavy (non-hydrogen) atoms. The molecule has 1 saturated carbocycles. The van der Waals surface area contributed by atoms with Crippen LogP contribution < -0.4 is 5.32 Å². The van der Waals surface area contributed by atoms with Gasteiger partial charge in [0, 0.05) is 13.2 Å². The van der Waals surface area contributed by atoms with E-state index in [9.17, 15) is 4.79 Å². The molecule has 1 aromatic rings. The van der Waals surface area contributed by atoms with E-state index in [1.54, 1.807) is 6.07 Å². The zero-order valence-electron chi connectivity index (χ0n) is 13.1. The van der Waals surface area contributed by atoms with Gasteiger partial charge in [-0.15, -0.1) is 0 Å². The normalized spacial score (nSPS) is 17.0. The highest BCUT2D eigenvalue weighted by Crippen LogP contribution is 2.45. The van der Waals surface area contributed by atoms with Crippen molar-refractivity contribution >= 4 is 29.1 Å². The fourth-order valence-electron chi connectivity index (χ4n) is 2.85. The average molecular weight is 344 g/mol. The van der Waals surface area contributed by atoms with Crippen LogP contribution in [0.4, 0.5) is 0 Å². The molecule has 1 amide bonds. The van der Waals surface area contributed by atoms with Gasteiger partial charge in [-0.2, -0.15) is 0 Å². The maximum atomic E-state index is 12.7. The first kappa shape index (κ1) is 17.6. The Morgan fingerprint density at radius 3 is 2.50 bits per heavy atom. The fourth-order valence-corrected chi connectivity index (χ4v) is 3.15. The number of rotatable bonds is 6. The van der Waals surface area contributed by atoms with E-state index in [4.69, 9.17) is 28.3 Å². The molecular formula is C17H23Cl2NO2. The Hall–Kier alpha value is -0.770. The van der Waals surface area contributed by atoms with Crippen molar-refractivity contribution in [1.82, 2.24) is 5.32 Å². The van der Waals surface area contributed by atoms with Gasteiger partial charge in [0.05, 0.1) is 15.5 Å². The largest absolute Gasteiger partial charge is 0.396 e. The number of carbonyl (C=O) groups excluding carboxylic acids is 1. The quantitative estimate of drug-likeness (QED) is 0.821. The van der Waals surface area contributed by atoms with Gasteiger partial charge in [0.15, 0.2) is 0 Å². The van der Waals surface area contributed by atoms with E-state index in [1.165, 1.54) is 0 Å². The molecule has 2 N–H and O–H groups in total. The van der Waals surface area contributed by atoms with E-state index < -0.39 is 5.41 Å². The molecule has 0 aromatic heterocycles. The first-order chi connectivity index (χ1) is 10.3. The van der Waals surface area contributed by atoms with Gasteiger partial charge in [0.2, 0.25) is 5.91 Å². The molecule has 122 valence electrons. The van der Waals surface area contributed by atoms with Crippen molar-refractivity contribution in [2.45, 2.75) is 44.9 Å². The monoisotopic (exact) mass is 343 g/mol. The predicted molar refractivity (Wildman–Crippen MR) is 90.5 cm³/mol. The van der Waals surface area contributed by atoms with E-state index in [0.717, 1.165) is 24.8 Å². The molecule has 0 spiro atoms. The van der Waals surface area contributed by atoms with Crippen LogP contribution in [0.25, 0.3) is 0 Å². The molecule has 0 atom stereocenters. The van der Waals surface area contributed by atoms with Crippen LogP contribution in [0.2, 0.25) is 10.0 Å². The SMILES string of the molecule is CC(C)(CCO)CNC(=O)C1(c2ccc(Cl)c(Cl)c2)CCC1. The van der Waals surface area contributed by atoms with Gasteiger partial charge >= 0.3 is 0 Å². The van der Waals surface area contributed by atoms with E-state index in [0.29, 0.717) is 23.0 Å². The summed E-state index contributed by atoms with van der Waals surface area (Å²) in [5.74, 6) is 0.0446. The number of carbonyl (C=O) groups is 1. The third-order valence-electron chi connectivity index (χ3n) is 4.63. The molecular weight excluding hydrogens is 321 g/mol. The molecule has 1 aliphatic rings. The van der Waals surface area contributed by atoms with Crippen LogP contribution >= 0.6 is 23.2 Å². The lowest BCUT2D eigenvalue weighted by atomic mass is 9.63. The van der Waals surface area contributed by atoms with Crippen LogP contribution in [-0.2, 0) is 10.2 Å². The Morgan fingerprint density at radius 1 is 1.32 bits per heavy atom. The number of aliphatic hydroxyl groups is 1. The van der Waals surface area contributed by atoms with Gasteiger partial charge in [-0.3, -0.25) is 4.79 Å². The highest BCUT2D eigenvalue weighted by Gasteiger charge is 2.45. The van der Waals surface area contributed by atoms with Crippen molar-refractivity contribution < 1.29 is 9.90 Å². The smallest absolute Gasteiger partial charge is 0.230 e. The van der Waals surface area contributed by atoms with Gasteiger partial charge in [-0.05, 0) is 42.4 Å². The molecule has 2 rings (SSSR count). The van der Waals surface area contributed by atoms with E-state index >= 15 is 0 Å². The Bertz CT molecular complexity index is 554. The third-order valence-corrected chi connectivity index (χ3v) is 5.37. The topological polar surface area (TPSA) is 49.3 Å². The van der Waals surface area contributed by atoms with Crippen LogP contribution in [0, 0.1) is 5.41 Å². The third kappa shape index (κ3) is 3.58. The minimum Gasteiger partial charge on any atom is -0.396 e. The molecule has 1 fully saturated rings. The summed E-state index contributed by atoms with van der Waals surface area (Å²) in [6.07, 6.45) is 3.36. The lowest BCUT2D eigenvalue weighted by molar-refractivity contribution is -0.130. The zero-order chi connectivity index (χ0) is 16.4. The zero-order valence-corrected chi connectivity index (χ0v) is 14.6. The van der Waals surface area contributed by atoms with Crippen molar-refractivity contribution in [3.05, 3.63) is 33.8 Å². The maximum Gasteiger partial charge on any atom is 0.230 e. The molecule has 0 bridgehead atoms. The summed E-state index contributed by atoms with van der Waals surface area (Å²) >= 11 is 12.1. The number of aliphatic hydroxyl groups excluding tert-OH is 1. The van der Waals surface area contributed by atoms with Crippen LogP contribution in [0.15, 0.2) is 18.2 Å². The number of amides is 1. The fraction of sp³-hybridized carbons (Fsp3) is 0.588. The van der Waals surface area contributed by atoms with E-state index in [2.05, 4.69) is 5.32 Å². The van der Waals surface area contributed by atoms with Gasteiger partial charge in [0.25, 0.3) is 0 Å². The lowest BCUT2D eigenvalue weighted by Gasteiger charge is -2.41. The molecule has 0 aliphatic heterocycles. The molecule has 0 saturated heterocycles. The molecule has 5 heteroatoms. The second kappa shape index (κ2) is 6.77. The standard InChI is InChI=1S/C17H23Cl2NO2/c1-16(2,8-9-21)11-20-15(22)17(6-3-7-17)12-4-5-13(18)14(19)10-12/h4-5,10,21H,3,6-9,11H2,1-2H3,(H,20,22). The summed E-state index contributed by atoms with van der Waals surface area (Å²) in [5.41, 5.74) is 0.335. The minimum atomic E-state index is -0.483. The highest BCUT2D eigenvalue weighted by molar-refractivity contribution is 6.42.